The van der Waals surface area contributed by atoms with Crippen molar-refractivity contribution in [3.05, 3.63) is 69.9 Å². The van der Waals surface area contributed by atoms with Gasteiger partial charge >= 0.3 is 5.63 Å². The Kier molecular flexibility index (Phi) is 4.31. The topological polar surface area (TPSA) is 108 Å². The summed E-state index contributed by atoms with van der Waals surface area (Å²) in [5, 5.41) is 26.0. The predicted molar refractivity (Wildman–Crippen MR) is 105 cm³/mol. The summed E-state index contributed by atoms with van der Waals surface area (Å²) in [7, 11) is 0. The molecule has 0 unspecified atom stereocenters. The number of anilines is 1. The molecule has 0 saturated carbocycles. The summed E-state index contributed by atoms with van der Waals surface area (Å²) < 4.78 is 5.33. The fourth-order valence-electron chi connectivity index (χ4n) is 2.49. The molecule has 27 heavy (non-hydrogen) atoms. The average molecular weight is 379 g/mol. The van der Waals surface area contributed by atoms with Gasteiger partial charge in [0.05, 0.1) is 17.5 Å². The Labute approximate surface area is 156 Å². The Morgan fingerprint density at radius 3 is 2.85 bits per heavy atom. The Morgan fingerprint density at radius 1 is 1.15 bits per heavy atom. The van der Waals surface area contributed by atoms with Crippen molar-refractivity contribution in [2.24, 2.45) is 5.10 Å². The van der Waals surface area contributed by atoms with E-state index >= 15 is 0 Å². The van der Waals surface area contributed by atoms with Crippen LogP contribution in [0.15, 0.2) is 68.2 Å². The summed E-state index contributed by atoms with van der Waals surface area (Å²) >= 11 is 1.28. The van der Waals surface area contributed by atoms with Crippen LogP contribution in [0.4, 0.5) is 5.13 Å². The average Bonchev–Trinajstić information content (AvgIpc) is 3.11. The van der Waals surface area contributed by atoms with Crippen molar-refractivity contribution in [2.75, 3.05) is 5.43 Å². The van der Waals surface area contributed by atoms with Gasteiger partial charge < -0.3 is 14.6 Å². The molecule has 2 aromatic heterocycles. The molecule has 134 valence electrons. The second kappa shape index (κ2) is 6.93. The maximum Gasteiger partial charge on any atom is 0.345 e. The van der Waals surface area contributed by atoms with Gasteiger partial charge in [0.1, 0.15) is 17.1 Å². The SMILES string of the molecule is O=c1oc2ccccc2cc1-c1csc(N/N=C\c2ccc(O)cc2O)n1. The molecule has 0 saturated heterocycles. The van der Waals surface area contributed by atoms with Gasteiger partial charge in [0.15, 0.2) is 0 Å². The Morgan fingerprint density at radius 2 is 2.00 bits per heavy atom. The molecule has 0 radical (unpaired) electrons. The first-order chi connectivity index (χ1) is 13.1. The lowest BCUT2D eigenvalue weighted by Crippen LogP contribution is -2.02. The lowest BCUT2D eigenvalue weighted by molar-refractivity contribution is 0.450. The van der Waals surface area contributed by atoms with Crippen molar-refractivity contribution in [1.29, 1.82) is 0 Å². The lowest BCUT2D eigenvalue weighted by atomic mass is 10.1. The minimum Gasteiger partial charge on any atom is -0.508 e. The third-order valence-corrected chi connectivity index (χ3v) is 4.55. The largest absolute Gasteiger partial charge is 0.508 e. The first kappa shape index (κ1) is 16.8. The van der Waals surface area contributed by atoms with Crippen LogP contribution in [0.2, 0.25) is 0 Å². The summed E-state index contributed by atoms with van der Waals surface area (Å²) in [6, 6.07) is 13.2. The van der Waals surface area contributed by atoms with E-state index in [0.29, 0.717) is 27.5 Å². The molecule has 4 rings (SSSR count). The number of hydrogen-bond acceptors (Lipinski definition) is 8. The third-order valence-electron chi connectivity index (χ3n) is 3.80. The predicted octanol–water partition coefficient (Wildman–Crippen LogP) is 3.77. The quantitative estimate of drug-likeness (QED) is 0.283. The van der Waals surface area contributed by atoms with Crippen molar-refractivity contribution in [3.8, 4) is 22.8 Å². The smallest absolute Gasteiger partial charge is 0.345 e. The number of phenolic OH excluding ortho intramolecular Hbond substituents is 2. The van der Waals surface area contributed by atoms with E-state index in [0.717, 1.165) is 5.39 Å². The molecule has 4 aromatic rings. The highest BCUT2D eigenvalue weighted by Gasteiger charge is 2.11. The first-order valence-corrected chi connectivity index (χ1v) is 8.78. The third kappa shape index (κ3) is 3.51. The number of nitrogens with one attached hydrogen (secondary N) is 1. The summed E-state index contributed by atoms with van der Waals surface area (Å²) in [5.74, 6) is -0.120. The molecule has 7 nitrogen and oxygen atoms in total. The van der Waals surface area contributed by atoms with Gasteiger partial charge in [0.25, 0.3) is 0 Å². The summed E-state index contributed by atoms with van der Waals surface area (Å²) in [4.78, 5) is 16.6. The van der Waals surface area contributed by atoms with Crippen LogP contribution in [0, 0.1) is 0 Å². The zero-order chi connectivity index (χ0) is 18.8. The minimum atomic E-state index is -0.455. The molecule has 0 amide bonds. The standard InChI is InChI=1S/C19H13N3O4S/c23-13-6-5-12(16(24)8-13)9-20-22-19-21-15(10-27-19)14-7-11-3-1-2-4-17(11)26-18(14)25/h1-10,23-24H,(H,21,22)/b20-9-. The maximum atomic E-state index is 12.2. The molecule has 3 N–H and O–H groups in total. The van der Waals surface area contributed by atoms with E-state index in [9.17, 15) is 15.0 Å². The highest BCUT2D eigenvalue weighted by atomic mass is 32.1. The molecule has 0 bridgehead atoms. The Bertz CT molecular complexity index is 1210. The van der Waals surface area contributed by atoms with Crippen LogP contribution < -0.4 is 11.1 Å². The molecule has 0 aliphatic rings. The molecule has 0 aliphatic carbocycles. The van der Waals surface area contributed by atoms with Gasteiger partial charge in [-0.25, -0.2) is 9.78 Å². The molecule has 0 atom stereocenters. The Balaban J connectivity index is 1.56. The van der Waals surface area contributed by atoms with Crippen molar-refractivity contribution < 1.29 is 14.6 Å². The molecule has 0 fully saturated rings. The van der Waals surface area contributed by atoms with Gasteiger partial charge in [0, 0.05) is 22.4 Å². The highest BCUT2D eigenvalue weighted by molar-refractivity contribution is 7.14. The van der Waals surface area contributed by atoms with E-state index in [-0.39, 0.29) is 11.5 Å². The molecule has 0 spiro atoms. The summed E-state index contributed by atoms with van der Waals surface area (Å²) in [6.45, 7) is 0. The number of aromatic hydroxyl groups is 2. The number of benzene rings is 2. The monoisotopic (exact) mass is 379 g/mol. The molecule has 0 aliphatic heterocycles. The number of hydrazone groups is 1. The number of fused-ring (bicyclic) bond motifs is 1. The zero-order valence-electron chi connectivity index (χ0n) is 13.8. The highest BCUT2D eigenvalue weighted by Crippen LogP contribution is 2.25. The number of hydrogen-bond donors (Lipinski definition) is 3. The van der Waals surface area contributed by atoms with E-state index in [1.165, 1.54) is 35.8 Å². The van der Waals surface area contributed by atoms with Gasteiger partial charge in [-0.3, -0.25) is 5.43 Å². The molecular formula is C19H13N3O4S. The lowest BCUT2D eigenvalue weighted by Gasteiger charge is -2.00. The second-order valence-corrected chi connectivity index (χ2v) is 6.49. The normalized spacial score (nSPS) is 11.3. The van der Waals surface area contributed by atoms with Gasteiger partial charge in [0.2, 0.25) is 5.13 Å². The van der Waals surface area contributed by atoms with Gasteiger partial charge in [-0.1, -0.05) is 18.2 Å². The van der Waals surface area contributed by atoms with E-state index < -0.39 is 5.63 Å². The number of thiazole rings is 1. The minimum absolute atomic E-state index is 0.0311. The number of para-hydroxylation sites is 1. The molecule has 8 heteroatoms. The van der Waals surface area contributed by atoms with Crippen molar-refractivity contribution in [1.82, 2.24) is 4.98 Å². The van der Waals surface area contributed by atoms with Crippen molar-refractivity contribution in [3.63, 3.8) is 0 Å². The van der Waals surface area contributed by atoms with Gasteiger partial charge in [-0.05, 0) is 24.3 Å². The van der Waals surface area contributed by atoms with E-state index in [2.05, 4.69) is 15.5 Å². The van der Waals surface area contributed by atoms with Crippen LogP contribution in [0.5, 0.6) is 11.5 Å². The van der Waals surface area contributed by atoms with E-state index in [4.69, 9.17) is 4.42 Å². The number of rotatable bonds is 4. The van der Waals surface area contributed by atoms with Crippen molar-refractivity contribution in [2.45, 2.75) is 0 Å². The van der Waals surface area contributed by atoms with Crippen LogP contribution in [0.1, 0.15) is 5.56 Å². The summed E-state index contributed by atoms with van der Waals surface area (Å²) in [5.41, 5.74) is 4.12. The number of phenols is 2. The summed E-state index contributed by atoms with van der Waals surface area (Å²) in [6.07, 6.45) is 1.40. The molecule has 2 aromatic carbocycles. The van der Waals surface area contributed by atoms with Crippen LogP contribution in [0.3, 0.4) is 0 Å². The van der Waals surface area contributed by atoms with Crippen LogP contribution in [-0.2, 0) is 0 Å². The van der Waals surface area contributed by atoms with Gasteiger partial charge in [-0.15, -0.1) is 11.3 Å². The zero-order valence-corrected chi connectivity index (χ0v) is 14.6. The second-order valence-electron chi connectivity index (χ2n) is 5.64. The molecular weight excluding hydrogens is 366 g/mol. The van der Waals surface area contributed by atoms with Crippen LogP contribution in [-0.4, -0.2) is 21.4 Å². The maximum absolute atomic E-state index is 12.2. The van der Waals surface area contributed by atoms with E-state index in [1.54, 1.807) is 23.6 Å². The van der Waals surface area contributed by atoms with Gasteiger partial charge in [-0.2, -0.15) is 5.10 Å². The van der Waals surface area contributed by atoms with Crippen LogP contribution in [0.25, 0.3) is 22.2 Å². The molecule has 2 heterocycles. The fraction of sp³-hybridized carbons (Fsp3) is 0. The Hall–Kier alpha value is -3.65. The number of aromatic nitrogens is 1. The first-order valence-electron chi connectivity index (χ1n) is 7.90. The van der Waals surface area contributed by atoms with Crippen LogP contribution >= 0.6 is 11.3 Å². The van der Waals surface area contributed by atoms with E-state index in [1.807, 2.05) is 12.1 Å². The number of nitrogens with zero attached hydrogens (tertiary/aromatic N) is 2. The fourth-order valence-corrected chi connectivity index (χ4v) is 3.15. The van der Waals surface area contributed by atoms with Crippen molar-refractivity contribution >= 4 is 33.7 Å².